The first-order valence-corrected chi connectivity index (χ1v) is 7.20. The number of aryl methyl sites for hydroxylation is 1. The Balaban J connectivity index is 1.68. The fourth-order valence-corrected chi connectivity index (χ4v) is 2.82. The first-order chi connectivity index (χ1) is 10.1. The number of hydrogen-bond acceptors (Lipinski definition) is 5. The van der Waals surface area contributed by atoms with Gasteiger partial charge in [0.1, 0.15) is 11.8 Å². The SMILES string of the molecule is Cc1ccc(C(=O)NCCn2c(=O)[nH]c3cncnc32)s1. The van der Waals surface area contributed by atoms with Crippen molar-refractivity contribution in [1.82, 2.24) is 24.8 Å². The molecule has 0 atom stereocenters. The van der Waals surface area contributed by atoms with Gasteiger partial charge in [-0.2, -0.15) is 0 Å². The summed E-state index contributed by atoms with van der Waals surface area (Å²) >= 11 is 1.44. The molecule has 0 bridgehead atoms. The summed E-state index contributed by atoms with van der Waals surface area (Å²) in [6.07, 6.45) is 2.94. The zero-order valence-corrected chi connectivity index (χ0v) is 12.1. The largest absolute Gasteiger partial charge is 0.350 e. The maximum atomic E-state index is 11.9. The molecule has 2 N–H and O–H groups in total. The first kappa shape index (κ1) is 13.5. The van der Waals surface area contributed by atoms with Crippen molar-refractivity contribution in [1.29, 1.82) is 0 Å². The van der Waals surface area contributed by atoms with Crippen molar-refractivity contribution in [3.8, 4) is 0 Å². The van der Waals surface area contributed by atoms with E-state index in [4.69, 9.17) is 0 Å². The highest BCUT2D eigenvalue weighted by molar-refractivity contribution is 7.13. The Bertz CT molecular complexity index is 847. The summed E-state index contributed by atoms with van der Waals surface area (Å²) in [5, 5.41) is 2.80. The van der Waals surface area contributed by atoms with E-state index < -0.39 is 0 Å². The normalized spacial score (nSPS) is 10.9. The minimum atomic E-state index is -0.258. The number of nitrogens with one attached hydrogen (secondary N) is 2. The van der Waals surface area contributed by atoms with Crippen LogP contribution in [0.25, 0.3) is 11.2 Å². The third-order valence-electron chi connectivity index (χ3n) is 3.02. The highest BCUT2D eigenvalue weighted by Crippen LogP contribution is 2.14. The number of thiophene rings is 1. The number of carbonyl (C=O) groups is 1. The van der Waals surface area contributed by atoms with Gasteiger partial charge in [0.2, 0.25) is 0 Å². The molecule has 0 radical (unpaired) electrons. The summed E-state index contributed by atoms with van der Waals surface area (Å²) in [6.45, 7) is 2.66. The number of aromatic nitrogens is 4. The average Bonchev–Trinajstić information content (AvgIpc) is 3.03. The molecule has 0 unspecified atom stereocenters. The third-order valence-corrected chi connectivity index (χ3v) is 4.02. The van der Waals surface area contributed by atoms with Crippen molar-refractivity contribution in [2.24, 2.45) is 0 Å². The zero-order valence-electron chi connectivity index (χ0n) is 11.3. The topological polar surface area (TPSA) is 92.7 Å². The molecule has 0 aliphatic heterocycles. The molecule has 0 fully saturated rings. The van der Waals surface area contributed by atoms with E-state index in [1.165, 1.54) is 22.2 Å². The average molecular weight is 303 g/mol. The minimum absolute atomic E-state index is 0.129. The van der Waals surface area contributed by atoms with Gasteiger partial charge in [-0.1, -0.05) is 0 Å². The van der Waals surface area contributed by atoms with Crippen LogP contribution in [0.15, 0.2) is 29.5 Å². The summed E-state index contributed by atoms with van der Waals surface area (Å²) in [5.41, 5.74) is 0.866. The summed E-state index contributed by atoms with van der Waals surface area (Å²) in [4.78, 5) is 36.1. The minimum Gasteiger partial charge on any atom is -0.350 e. The van der Waals surface area contributed by atoms with Crippen LogP contribution in [0.4, 0.5) is 0 Å². The van der Waals surface area contributed by atoms with Crippen LogP contribution < -0.4 is 11.0 Å². The van der Waals surface area contributed by atoms with Crippen molar-refractivity contribution in [3.05, 3.63) is 44.9 Å². The molecule has 3 rings (SSSR count). The van der Waals surface area contributed by atoms with Gasteiger partial charge in [-0.25, -0.2) is 14.8 Å². The second kappa shape index (κ2) is 5.49. The third kappa shape index (κ3) is 2.70. The van der Waals surface area contributed by atoms with E-state index in [0.29, 0.717) is 29.1 Å². The van der Waals surface area contributed by atoms with Gasteiger partial charge in [0, 0.05) is 18.0 Å². The number of carbonyl (C=O) groups excluding carboxylic acids is 1. The maximum absolute atomic E-state index is 11.9. The van der Waals surface area contributed by atoms with Crippen molar-refractivity contribution < 1.29 is 4.79 Å². The molecule has 3 heterocycles. The van der Waals surface area contributed by atoms with E-state index in [9.17, 15) is 9.59 Å². The zero-order chi connectivity index (χ0) is 14.8. The number of aromatic amines is 1. The van der Waals surface area contributed by atoms with Crippen LogP contribution in [0.2, 0.25) is 0 Å². The highest BCUT2D eigenvalue weighted by Gasteiger charge is 2.10. The standard InChI is InChI=1S/C13H13N5O2S/c1-8-2-3-10(21-8)12(19)15-4-5-18-11-9(17-13(18)20)6-14-7-16-11/h2-3,6-7H,4-5H2,1H3,(H,15,19)(H,17,20). The summed E-state index contributed by atoms with van der Waals surface area (Å²) in [5.74, 6) is -0.129. The summed E-state index contributed by atoms with van der Waals surface area (Å²) in [6, 6.07) is 3.70. The maximum Gasteiger partial charge on any atom is 0.327 e. The van der Waals surface area contributed by atoms with Crippen LogP contribution in [0, 0.1) is 6.92 Å². The Morgan fingerprint density at radius 3 is 3.10 bits per heavy atom. The molecule has 108 valence electrons. The molecule has 0 aromatic carbocycles. The molecule has 7 nitrogen and oxygen atoms in total. The van der Waals surface area contributed by atoms with E-state index in [2.05, 4.69) is 20.3 Å². The monoisotopic (exact) mass is 303 g/mol. The smallest absolute Gasteiger partial charge is 0.327 e. The van der Waals surface area contributed by atoms with Gasteiger partial charge in [-0.15, -0.1) is 11.3 Å². The predicted octanol–water partition coefficient (Wildman–Crippen LogP) is 0.920. The lowest BCUT2D eigenvalue weighted by atomic mass is 10.4. The van der Waals surface area contributed by atoms with Gasteiger partial charge in [-0.05, 0) is 19.1 Å². The fourth-order valence-electron chi connectivity index (χ4n) is 2.04. The Hall–Kier alpha value is -2.48. The molecular formula is C13H13N5O2S. The van der Waals surface area contributed by atoms with Gasteiger partial charge in [0.25, 0.3) is 5.91 Å². The Kier molecular flexibility index (Phi) is 3.53. The van der Waals surface area contributed by atoms with Gasteiger partial charge in [0.05, 0.1) is 11.1 Å². The number of hydrogen-bond donors (Lipinski definition) is 2. The number of rotatable bonds is 4. The van der Waals surface area contributed by atoms with Crippen LogP contribution in [-0.2, 0) is 6.54 Å². The van der Waals surface area contributed by atoms with E-state index in [0.717, 1.165) is 4.88 Å². The Morgan fingerprint density at radius 1 is 1.48 bits per heavy atom. The van der Waals surface area contributed by atoms with Gasteiger partial charge < -0.3 is 10.3 Å². The number of nitrogens with zero attached hydrogens (tertiary/aromatic N) is 3. The lowest BCUT2D eigenvalue weighted by Gasteiger charge is -2.04. The van der Waals surface area contributed by atoms with Crippen LogP contribution in [-0.4, -0.2) is 32.0 Å². The lowest BCUT2D eigenvalue weighted by molar-refractivity contribution is 0.0956. The van der Waals surface area contributed by atoms with E-state index >= 15 is 0 Å². The number of fused-ring (bicyclic) bond motifs is 1. The molecule has 3 aromatic rings. The highest BCUT2D eigenvalue weighted by atomic mass is 32.1. The van der Waals surface area contributed by atoms with Crippen molar-refractivity contribution >= 4 is 28.4 Å². The molecule has 0 spiro atoms. The van der Waals surface area contributed by atoms with Crippen molar-refractivity contribution in [3.63, 3.8) is 0 Å². The second-order valence-corrected chi connectivity index (χ2v) is 5.80. The van der Waals surface area contributed by atoms with E-state index in [1.54, 1.807) is 12.3 Å². The molecule has 21 heavy (non-hydrogen) atoms. The quantitative estimate of drug-likeness (QED) is 0.749. The fraction of sp³-hybridized carbons (Fsp3) is 0.231. The number of imidazole rings is 1. The van der Waals surface area contributed by atoms with Crippen molar-refractivity contribution in [2.45, 2.75) is 13.5 Å². The Labute approximate surface area is 123 Å². The molecule has 0 saturated heterocycles. The van der Waals surface area contributed by atoms with Crippen LogP contribution in [0.5, 0.6) is 0 Å². The second-order valence-electron chi connectivity index (χ2n) is 4.51. The van der Waals surface area contributed by atoms with E-state index in [1.807, 2.05) is 13.0 Å². The van der Waals surface area contributed by atoms with Crippen LogP contribution in [0.3, 0.4) is 0 Å². The number of H-pyrrole nitrogens is 1. The molecule has 8 heteroatoms. The van der Waals surface area contributed by atoms with Gasteiger partial charge in [0.15, 0.2) is 5.65 Å². The molecule has 0 saturated carbocycles. The lowest BCUT2D eigenvalue weighted by Crippen LogP contribution is -2.29. The summed E-state index contributed by atoms with van der Waals surface area (Å²) < 4.78 is 1.48. The predicted molar refractivity (Wildman–Crippen MR) is 79.5 cm³/mol. The molecule has 1 amide bonds. The molecule has 0 aliphatic carbocycles. The van der Waals surface area contributed by atoms with Gasteiger partial charge in [-0.3, -0.25) is 9.36 Å². The Morgan fingerprint density at radius 2 is 2.33 bits per heavy atom. The summed E-state index contributed by atoms with van der Waals surface area (Å²) in [7, 11) is 0. The van der Waals surface area contributed by atoms with Crippen LogP contribution >= 0.6 is 11.3 Å². The molecular weight excluding hydrogens is 290 g/mol. The van der Waals surface area contributed by atoms with Crippen molar-refractivity contribution in [2.75, 3.05) is 6.54 Å². The number of amides is 1. The van der Waals surface area contributed by atoms with Crippen LogP contribution in [0.1, 0.15) is 14.5 Å². The first-order valence-electron chi connectivity index (χ1n) is 6.38. The molecule has 3 aromatic heterocycles. The van der Waals surface area contributed by atoms with E-state index in [-0.39, 0.29) is 11.6 Å². The molecule has 0 aliphatic rings. The van der Waals surface area contributed by atoms with Gasteiger partial charge >= 0.3 is 5.69 Å².